The minimum Gasteiger partial charge on any atom is -0.370 e. The molecule has 44 heavy (non-hydrogen) atoms. The maximum absolute atomic E-state index is 6.91. The molecule has 2 aliphatic heterocycles. The van der Waals surface area contributed by atoms with Crippen molar-refractivity contribution < 1.29 is 18.9 Å². The Kier molecular flexibility index (Phi) is 11.3. The Morgan fingerprint density at radius 2 is 0.705 bits per heavy atom. The topological polar surface area (TPSA) is 36.9 Å². The van der Waals surface area contributed by atoms with Crippen LogP contribution >= 0.6 is 15.8 Å². The van der Waals surface area contributed by atoms with Crippen LogP contribution < -0.4 is 0 Å². The molecule has 4 aromatic rings. The van der Waals surface area contributed by atoms with E-state index in [1.165, 1.54) is 22.3 Å². The summed E-state index contributed by atoms with van der Waals surface area (Å²) in [5.74, 6) is 0. The molecular formula is C38H44O4P2. The van der Waals surface area contributed by atoms with Crippen molar-refractivity contribution in [2.45, 2.75) is 62.2 Å². The summed E-state index contributed by atoms with van der Waals surface area (Å²) in [5, 5.41) is 0. The van der Waals surface area contributed by atoms with Crippen molar-refractivity contribution in [3.8, 4) is 0 Å². The normalized spacial score (nSPS) is 28.3. The van der Waals surface area contributed by atoms with E-state index in [1.807, 2.05) is 0 Å². The summed E-state index contributed by atoms with van der Waals surface area (Å²) in [6, 6.07) is 42.1. The van der Waals surface area contributed by atoms with Gasteiger partial charge in [0.2, 0.25) is 0 Å². The lowest BCUT2D eigenvalue weighted by molar-refractivity contribution is -0.0900. The first-order valence-electron chi connectivity index (χ1n) is 15.7. The second-order valence-electron chi connectivity index (χ2n) is 12.1. The highest BCUT2D eigenvalue weighted by atomic mass is 31.1. The molecule has 0 N–H and O–H groups in total. The zero-order valence-corrected chi connectivity index (χ0v) is 27.6. The van der Waals surface area contributed by atoms with Crippen LogP contribution in [0.2, 0.25) is 0 Å². The standard InChI is InChI=1S/C38H44O4P2/c1-43-27-33(39-23-29-15-7-3-8-16-29)35(41-25-31-19-11-5-12-20-31)37(43)38-36(42-26-32-21-13-6-14-22-32)34(28-44(38)2)40-24-30-17-9-4-10-18-30/h3-22,33-38H,23-28H2,1-2H3. The van der Waals surface area contributed by atoms with Crippen molar-refractivity contribution in [1.82, 2.24) is 0 Å². The predicted octanol–water partition coefficient (Wildman–Crippen LogP) is 8.32. The van der Waals surface area contributed by atoms with Crippen LogP contribution in [0.4, 0.5) is 0 Å². The number of rotatable bonds is 13. The predicted molar refractivity (Wildman–Crippen MR) is 183 cm³/mol. The number of hydrogen-bond donors (Lipinski definition) is 0. The lowest BCUT2D eigenvalue weighted by Crippen LogP contribution is -2.46. The van der Waals surface area contributed by atoms with Crippen LogP contribution in [-0.2, 0) is 45.4 Å². The second kappa shape index (κ2) is 15.7. The Hall–Kier alpha value is -2.42. The first-order chi connectivity index (χ1) is 21.7. The van der Waals surface area contributed by atoms with Gasteiger partial charge in [-0.1, -0.05) is 121 Å². The van der Waals surface area contributed by atoms with E-state index in [0.29, 0.717) is 37.7 Å². The summed E-state index contributed by atoms with van der Waals surface area (Å²) in [6.07, 6.45) is 2.24. The van der Waals surface area contributed by atoms with Crippen molar-refractivity contribution in [2.24, 2.45) is 0 Å². The van der Waals surface area contributed by atoms with E-state index in [2.05, 4.69) is 135 Å². The zero-order chi connectivity index (χ0) is 30.1. The van der Waals surface area contributed by atoms with Gasteiger partial charge >= 0.3 is 0 Å². The van der Waals surface area contributed by atoms with Gasteiger partial charge in [0.25, 0.3) is 0 Å². The molecule has 4 aromatic carbocycles. The molecule has 2 fully saturated rings. The third-order valence-electron chi connectivity index (χ3n) is 8.89. The molecule has 0 bridgehead atoms. The van der Waals surface area contributed by atoms with Crippen molar-refractivity contribution in [2.75, 3.05) is 25.7 Å². The molecule has 2 heterocycles. The fourth-order valence-electron chi connectivity index (χ4n) is 6.67. The van der Waals surface area contributed by atoms with Crippen LogP contribution in [0, 0.1) is 0 Å². The van der Waals surface area contributed by atoms with E-state index in [0.717, 1.165) is 12.3 Å². The summed E-state index contributed by atoms with van der Waals surface area (Å²) in [4.78, 5) is 0. The Balaban J connectivity index is 1.25. The highest BCUT2D eigenvalue weighted by Gasteiger charge is 2.55. The van der Waals surface area contributed by atoms with Gasteiger partial charge in [-0.2, -0.15) is 0 Å². The maximum atomic E-state index is 6.91. The summed E-state index contributed by atoms with van der Waals surface area (Å²) >= 11 is 0. The first kappa shape index (κ1) is 31.6. The van der Waals surface area contributed by atoms with Crippen molar-refractivity contribution in [3.63, 3.8) is 0 Å². The second-order valence-corrected chi connectivity index (χ2v) is 17.0. The van der Waals surface area contributed by atoms with E-state index in [-0.39, 0.29) is 40.3 Å². The lowest BCUT2D eigenvalue weighted by Gasteiger charge is -2.36. The third kappa shape index (κ3) is 8.04. The molecule has 2 aliphatic rings. The molecule has 6 heteroatoms. The van der Waals surface area contributed by atoms with Gasteiger partial charge < -0.3 is 18.9 Å². The van der Waals surface area contributed by atoms with Crippen LogP contribution in [0.3, 0.4) is 0 Å². The molecule has 0 aromatic heterocycles. The third-order valence-corrected chi connectivity index (χ3v) is 14.3. The molecule has 0 aliphatic carbocycles. The Bertz CT molecular complexity index is 1280. The van der Waals surface area contributed by atoms with Gasteiger partial charge in [-0.3, -0.25) is 0 Å². The van der Waals surface area contributed by atoms with Crippen molar-refractivity contribution >= 4 is 15.8 Å². The molecule has 6 rings (SSSR count). The van der Waals surface area contributed by atoms with E-state index in [1.54, 1.807) is 0 Å². The lowest BCUT2D eigenvalue weighted by atomic mass is 10.0. The van der Waals surface area contributed by atoms with Gasteiger partial charge in [0.05, 0.1) is 50.8 Å². The highest BCUT2D eigenvalue weighted by Crippen LogP contribution is 2.62. The minimum absolute atomic E-state index is 0.0145. The molecule has 4 nitrogen and oxygen atoms in total. The van der Waals surface area contributed by atoms with Gasteiger partial charge in [0, 0.05) is 11.3 Å². The molecular weight excluding hydrogens is 582 g/mol. The molecule has 0 spiro atoms. The van der Waals surface area contributed by atoms with Crippen LogP contribution in [0.15, 0.2) is 121 Å². The molecule has 2 saturated heterocycles. The smallest absolute Gasteiger partial charge is 0.0918 e. The Labute approximate surface area is 265 Å². The minimum atomic E-state index is -0.339. The van der Waals surface area contributed by atoms with Crippen LogP contribution in [0.25, 0.3) is 0 Å². The number of benzene rings is 4. The van der Waals surface area contributed by atoms with Crippen LogP contribution in [0.5, 0.6) is 0 Å². The first-order valence-corrected chi connectivity index (χ1v) is 19.8. The Morgan fingerprint density at radius 1 is 0.432 bits per heavy atom. The molecule has 230 valence electrons. The SMILES string of the molecule is CP1CC(OCc2ccccc2)C(OCc2ccccc2)C1C1C(OCc2ccccc2)C(OCc2ccccc2)CP1C. The summed E-state index contributed by atoms with van der Waals surface area (Å²) < 4.78 is 27.2. The van der Waals surface area contributed by atoms with E-state index in [4.69, 9.17) is 18.9 Å². The number of ether oxygens (including phenoxy) is 4. The highest BCUT2D eigenvalue weighted by molar-refractivity contribution is 7.62. The molecule has 8 unspecified atom stereocenters. The summed E-state index contributed by atoms with van der Waals surface area (Å²) in [7, 11) is -0.677. The zero-order valence-electron chi connectivity index (χ0n) is 25.8. The van der Waals surface area contributed by atoms with E-state index >= 15 is 0 Å². The molecule has 0 amide bonds. The van der Waals surface area contributed by atoms with Crippen LogP contribution in [-0.4, -0.2) is 61.4 Å². The van der Waals surface area contributed by atoms with Crippen molar-refractivity contribution in [1.29, 1.82) is 0 Å². The van der Waals surface area contributed by atoms with E-state index < -0.39 is 0 Å². The van der Waals surface area contributed by atoms with Crippen molar-refractivity contribution in [3.05, 3.63) is 144 Å². The monoisotopic (exact) mass is 626 g/mol. The largest absolute Gasteiger partial charge is 0.370 e. The molecule has 0 radical (unpaired) electrons. The average molecular weight is 627 g/mol. The number of hydrogen-bond acceptors (Lipinski definition) is 4. The van der Waals surface area contributed by atoms with Gasteiger partial charge in [-0.15, -0.1) is 15.8 Å². The van der Waals surface area contributed by atoms with Gasteiger partial charge in [0.15, 0.2) is 0 Å². The Morgan fingerprint density at radius 3 is 1.00 bits per heavy atom. The van der Waals surface area contributed by atoms with Gasteiger partial charge in [0.1, 0.15) is 0 Å². The van der Waals surface area contributed by atoms with Gasteiger partial charge in [-0.25, -0.2) is 0 Å². The van der Waals surface area contributed by atoms with E-state index in [9.17, 15) is 0 Å². The van der Waals surface area contributed by atoms with Crippen LogP contribution in [0.1, 0.15) is 22.3 Å². The molecule has 8 atom stereocenters. The van der Waals surface area contributed by atoms with Gasteiger partial charge in [-0.05, 0) is 47.9 Å². The average Bonchev–Trinajstić information content (AvgIpc) is 3.55. The fourth-order valence-corrected chi connectivity index (χ4v) is 13.2. The maximum Gasteiger partial charge on any atom is 0.0918 e. The summed E-state index contributed by atoms with van der Waals surface area (Å²) in [6.45, 7) is 7.31. The quantitative estimate of drug-likeness (QED) is 0.140. The summed E-state index contributed by atoms with van der Waals surface area (Å²) in [5.41, 5.74) is 5.58. The molecule has 0 saturated carbocycles. The fraction of sp³-hybridized carbons (Fsp3) is 0.368.